The fourth-order valence-corrected chi connectivity index (χ4v) is 16.3. The predicted molar refractivity (Wildman–Crippen MR) is 126 cm³/mol. The van der Waals surface area contributed by atoms with Crippen molar-refractivity contribution in [2.75, 3.05) is 0 Å². The van der Waals surface area contributed by atoms with Gasteiger partial charge in [0.2, 0.25) is 25.0 Å². The van der Waals surface area contributed by atoms with Gasteiger partial charge in [0, 0.05) is 12.5 Å². The smallest absolute Gasteiger partial charge is 0.413 e. The first-order chi connectivity index (χ1) is 12.1. The highest BCUT2D eigenvalue weighted by Gasteiger charge is 2.50. The van der Waals surface area contributed by atoms with E-state index in [-0.39, 0.29) is 5.78 Å². The largest absolute Gasteiger partial charge is 0.470 e. The first kappa shape index (κ1) is 26.4. The normalized spacial score (nSPS) is 13.1. The summed E-state index contributed by atoms with van der Waals surface area (Å²) < 4.78 is 19.9. The van der Waals surface area contributed by atoms with Gasteiger partial charge >= 0.3 is 8.80 Å². The molecule has 0 aromatic rings. The van der Waals surface area contributed by atoms with E-state index in [1.54, 1.807) is 6.92 Å². The lowest BCUT2D eigenvalue weighted by Gasteiger charge is -2.43. The van der Waals surface area contributed by atoms with Gasteiger partial charge < -0.3 is 12.3 Å². The summed E-state index contributed by atoms with van der Waals surface area (Å²) in [5.74, 6) is 0.0681. The van der Waals surface area contributed by atoms with E-state index in [1.807, 2.05) is 17.1 Å². The summed E-state index contributed by atoms with van der Waals surface area (Å²) in [4.78, 5) is 12.0. The summed E-state index contributed by atoms with van der Waals surface area (Å²) in [5.41, 5.74) is 6.26. The third-order valence-electron chi connectivity index (χ3n) is 4.09. The summed E-state index contributed by atoms with van der Waals surface area (Å²) in [6.07, 6.45) is 1.06. The Hall–Kier alpha value is -0.622. The highest BCUT2D eigenvalue weighted by Crippen LogP contribution is 2.31. The van der Waals surface area contributed by atoms with Crippen LogP contribution in [0.15, 0.2) is 49.0 Å². The zero-order chi connectivity index (χ0) is 21.5. The van der Waals surface area contributed by atoms with Crippen LogP contribution < -0.4 is 0 Å². The van der Waals surface area contributed by atoms with Crippen molar-refractivity contribution in [1.82, 2.24) is 0 Å². The van der Waals surface area contributed by atoms with E-state index in [0.29, 0.717) is 24.5 Å². The maximum atomic E-state index is 12.0. The Morgan fingerprint density at radius 2 is 1.15 bits per heavy atom. The number of hydrogen-bond donors (Lipinski definition) is 0. The van der Waals surface area contributed by atoms with E-state index in [2.05, 4.69) is 65.6 Å². The molecule has 0 saturated carbocycles. The highest BCUT2D eigenvalue weighted by atomic mass is 28.5. The Balaban J connectivity index is 5.91. The molecule has 0 aliphatic heterocycles. The number of allylic oxidation sites excluding steroid dienone is 1. The second-order valence-corrected chi connectivity index (χ2v) is 23.6. The Bertz CT molecular complexity index is 527. The minimum atomic E-state index is -3.08. The second-order valence-electron chi connectivity index (χ2n) is 8.47. The van der Waals surface area contributed by atoms with E-state index in [4.69, 9.17) is 12.3 Å². The van der Waals surface area contributed by atoms with E-state index in [9.17, 15) is 4.79 Å². The van der Waals surface area contributed by atoms with Crippen LogP contribution in [0.1, 0.15) is 19.8 Å². The van der Waals surface area contributed by atoms with Crippen molar-refractivity contribution < 1.29 is 17.1 Å². The van der Waals surface area contributed by atoms with Gasteiger partial charge in [0.25, 0.3) is 0 Å². The van der Waals surface area contributed by atoms with Gasteiger partial charge in [-0.2, -0.15) is 0 Å². The standard InChI is InChI=1S/C19H38O4Si4/c1-12-24(6,7)21-27(22-25(8,9)13-2,23-26(10,11)14-3)17-15-16-19(20)18(4)5/h12-14H,1-4,15-17H2,5-11H3. The molecule has 0 spiro atoms. The Morgan fingerprint density at radius 3 is 1.41 bits per heavy atom. The molecule has 154 valence electrons. The Labute approximate surface area is 170 Å². The van der Waals surface area contributed by atoms with E-state index < -0.39 is 33.8 Å². The molecule has 0 fully saturated rings. The van der Waals surface area contributed by atoms with Crippen LogP contribution in [0.2, 0.25) is 45.3 Å². The summed E-state index contributed by atoms with van der Waals surface area (Å²) in [5, 5.41) is 0. The Morgan fingerprint density at radius 1 is 0.815 bits per heavy atom. The van der Waals surface area contributed by atoms with Crippen molar-refractivity contribution in [3.63, 3.8) is 0 Å². The molecular formula is C19H38O4Si4. The number of carbonyl (C=O) groups excluding carboxylic acids is 1. The zero-order valence-electron chi connectivity index (χ0n) is 18.3. The van der Waals surface area contributed by atoms with Crippen molar-refractivity contribution in [3.05, 3.63) is 49.0 Å². The molecule has 0 atom stereocenters. The number of hydrogen-bond acceptors (Lipinski definition) is 4. The Kier molecular flexibility index (Phi) is 10.0. The van der Waals surface area contributed by atoms with E-state index >= 15 is 0 Å². The lowest BCUT2D eigenvalue weighted by atomic mass is 10.1. The molecule has 0 amide bonds. The molecule has 0 heterocycles. The molecule has 8 heteroatoms. The SMILES string of the molecule is C=C[Si](C)(C)O[Si](CCCC(=O)C(=C)C)(O[Si](C)(C)C=C)O[Si](C)(C)C=C. The molecule has 0 N–H and O–H groups in total. The minimum Gasteiger partial charge on any atom is -0.413 e. The molecule has 0 unspecified atom stereocenters. The molecule has 0 aromatic carbocycles. The van der Waals surface area contributed by atoms with Gasteiger partial charge in [-0.15, -0.1) is 19.7 Å². The second kappa shape index (κ2) is 10.2. The fraction of sp³-hybridized carbons (Fsp3) is 0.526. The minimum absolute atomic E-state index is 0.0681. The van der Waals surface area contributed by atoms with Crippen molar-refractivity contribution in [1.29, 1.82) is 0 Å². The van der Waals surface area contributed by atoms with Crippen molar-refractivity contribution in [3.8, 4) is 0 Å². The van der Waals surface area contributed by atoms with Crippen LogP contribution in [-0.2, 0) is 17.1 Å². The molecule has 0 aliphatic rings. The first-order valence-electron chi connectivity index (χ1n) is 9.33. The molecule has 0 radical (unpaired) electrons. The number of rotatable bonds is 14. The lowest BCUT2D eigenvalue weighted by Crippen LogP contribution is -2.61. The quantitative estimate of drug-likeness (QED) is 0.256. The predicted octanol–water partition coefficient (Wildman–Crippen LogP) is 5.69. The van der Waals surface area contributed by atoms with Gasteiger partial charge in [-0.25, -0.2) is 0 Å². The molecule has 0 rings (SSSR count). The van der Waals surface area contributed by atoms with Crippen molar-refractivity contribution in [2.45, 2.75) is 65.1 Å². The van der Waals surface area contributed by atoms with Gasteiger partial charge in [0.15, 0.2) is 5.78 Å². The highest BCUT2D eigenvalue weighted by molar-refractivity contribution is 6.93. The molecule has 4 nitrogen and oxygen atoms in total. The summed E-state index contributed by atoms with van der Waals surface area (Å²) in [6.45, 7) is 29.8. The van der Waals surface area contributed by atoms with Crippen LogP contribution in [0, 0.1) is 0 Å². The van der Waals surface area contributed by atoms with Gasteiger partial charge in [-0.05, 0) is 58.2 Å². The lowest BCUT2D eigenvalue weighted by molar-refractivity contribution is -0.115. The third kappa shape index (κ3) is 9.93. The third-order valence-corrected chi connectivity index (χ3v) is 18.1. The van der Waals surface area contributed by atoms with E-state index in [1.165, 1.54) is 0 Å². The van der Waals surface area contributed by atoms with Crippen LogP contribution in [0.5, 0.6) is 0 Å². The average Bonchev–Trinajstić information content (AvgIpc) is 2.53. The van der Waals surface area contributed by atoms with Crippen LogP contribution >= 0.6 is 0 Å². The topological polar surface area (TPSA) is 44.8 Å². The number of ketones is 1. The molecule has 27 heavy (non-hydrogen) atoms. The molecule has 0 aliphatic carbocycles. The molecular weight excluding hydrogens is 405 g/mol. The maximum Gasteiger partial charge on any atom is 0.470 e. The first-order valence-corrected chi connectivity index (χ1v) is 20.2. The van der Waals surface area contributed by atoms with Crippen molar-refractivity contribution >= 4 is 39.5 Å². The van der Waals surface area contributed by atoms with Gasteiger partial charge in [-0.3, -0.25) is 4.79 Å². The van der Waals surface area contributed by atoms with Gasteiger partial charge in [-0.1, -0.05) is 23.7 Å². The van der Waals surface area contributed by atoms with Crippen molar-refractivity contribution in [2.24, 2.45) is 0 Å². The van der Waals surface area contributed by atoms with Crippen LogP contribution in [-0.4, -0.2) is 39.5 Å². The number of Topliss-reactive ketones (excluding diaryl/α,β-unsaturated/α-hetero) is 1. The average molecular weight is 443 g/mol. The van der Waals surface area contributed by atoms with E-state index in [0.717, 1.165) is 0 Å². The maximum absolute atomic E-state index is 12.0. The monoisotopic (exact) mass is 442 g/mol. The molecule has 0 aromatic heterocycles. The summed E-state index contributed by atoms with van der Waals surface area (Å²) in [7, 11) is -9.64. The summed E-state index contributed by atoms with van der Waals surface area (Å²) >= 11 is 0. The summed E-state index contributed by atoms with van der Waals surface area (Å²) in [6, 6.07) is 0.588. The van der Waals surface area contributed by atoms with Crippen LogP contribution in [0.4, 0.5) is 0 Å². The molecule has 0 saturated heterocycles. The van der Waals surface area contributed by atoms with Crippen LogP contribution in [0.25, 0.3) is 0 Å². The van der Waals surface area contributed by atoms with Gasteiger partial charge in [0.05, 0.1) is 0 Å². The fourth-order valence-electron chi connectivity index (χ4n) is 2.22. The zero-order valence-corrected chi connectivity index (χ0v) is 22.3. The number of carbonyl (C=O) groups is 1. The van der Waals surface area contributed by atoms with Gasteiger partial charge in [0.1, 0.15) is 0 Å². The van der Waals surface area contributed by atoms with Crippen LogP contribution in [0.3, 0.4) is 0 Å². The molecule has 0 bridgehead atoms.